The molecule has 4 aromatic rings. The molecule has 5 rings (SSSR count). The van der Waals surface area contributed by atoms with Gasteiger partial charge in [0, 0.05) is 16.5 Å². The van der Waals surface area contributed by atoms with Crippen molar-refractivity contribution in [3.8, 4) is 28.5 Å². The zero-order valence-corrected chi connectivity index (χ0v) is 15.6. The highest BCUT2D eigenvalue weighted by atomic mass is 14.7. The molecular weight excluding hydrogens is 340 g/mol. The molecule has 134 valence electrons. The highest BCUT2D eigenvalue weighted by molar-refractivity contribution is 5.91. The van der Waals surface area contributed by atoms with Crippen molar-refractivity contribution in [2.45, 2.75) is 24.7 Å². The van der Waals surface area contributed by atoms with Gasteiger partial charge in [-0.25, -0.2) is 4.98 Å². The minimum Gasteiger partial charge on any atom is -0.247 e. The Bertz CT molecular complexity index is 1180. The summed E-state index contributed by atoms with van der Waals surface area (Å²) in [6.07, 6.45) is 3.07. The van der Waals surface area contributed by atoms with Gasteiger partial charge in [-0.05, 0) is 42.5 Å². The lowest BCUT2D eigenvalue weighted by Crippen LogP contribution is -2.32. The van der Waals surface area contributed by atoms with Crippen molar-refractivity contribution in [3.63, 3.8) is 0 Å². The van der Waals surface area contributed by atoms with Gasteiger partial charge in [0.1, 0.15) is 0 Å². The summed E-state index contributed by atoms with van der Waals surface area (Å²) in [5.41, 5.74) is 6.20. The molecule has 0 bridgehead atoms. The van der Waals surface area contributed by atoms with Crippen LogP contribution in [-0.4, -0.2) is 4.98 Å². The Morgan fingerprint density at radius 1 is 0.786 bits per heavy atom. The first-order chi connectivity index (χ1) is 13.8. The molecular formula is C26H20N2. The van der Waals surface area contributed by atoms with Crippen LogP contribution in [0.15, 0.2) is 84.9 Å². The van der Waals surface area contributed by atoms with Crippen molar-refractivity contribution in [1.29, 1.82) is 5.26 Å². The summed E-state index contributed by atoms with van der Waals surface area (Å²) in [5.74, 6) is 0. The molecule has 0 saturated heterocycles. The first-order valence-electron chi connectivity index (χ1n) is 9.76. The van der Waals surface area contributed by atoms with Crippen molar-refractivity contribution in [3.05, 3.63) is 90.5 Å². The Morgan fingerprint density at radius 3 is 2.18 bits per heavy atom. The molecule has 0 spiro atoms. The van der Waals surface area contributed by atoms with Crippen molar-refractivity contribution in [1.82, 2.24) is 4.98 Å². The van der Waals surface area contributed by atoms with Crippen LogP contribution in [-0.2, 0) is 5.41 Å². The van der Waals surface area contributed by atoms with Gasteiger partial charge in [0.15, 0.2) is 0 Å². The number of para-hydroxylation sites is 1. The van der Waals surface area contributed by atoms with E-state index in [0.29, 0.717) is 0 Å². The predicted molar refractivity (Wildman–Crippen MR) is 114 cm³/mol. The van der Waals surface area contributed by atoms with E-state index in [0.717, 1.165) is 58.1 Å². The van der Waals surface area contributed by atoms with Gasteiger partial charge in [-0.1, -0.05) is 72.8 Å². The third-order valence-electron chi connectivity index (χ3n) is 5.94. The van der Waals surface area contributed by atoms with Crippen LogP contribution in [0.25, 0.3) is 33.3 Å². The third-order valence-corrected chi connectivity index (χ3v) is 5.94. The first kappa shape index (κ1) is 16.7. The summed E-state index contributed by atoms with van der Waals surface area (Å²) in [6, 6.07) is 31.9. The molecule has 0 unspecified atom stereocenters. The second-order valence-corrected chi connectivity index (χ2v) is 7.57. The minimum atomic E-state index is -0.280. The molecule has 1 saturated carbocycles. The highest BCUT2D eigenvalue weighted by Crippen LogP contribution is 2.43. The Kier molecular flexibility index (Phi) is 3.95. The number of pyridine rings is 1. The normalized spacial score (nSPS) is 15.0. The largest absolute Gasteiger partial charge is 0.247 e. The monoisotopic (exact) mass is 360 g/mol. The van der Waals surface area contributed by atoms with Gasteiger partial charge in [-0.3, -0.25) is 0 Å². The summed E-state index contributed by atoms with van der Waals surface area (Å²) in [4.78, 5) is 5.00. The summed E-state index contributed by atoms with van der Waals surface area (Å²) < 4.78 is 0. The van der Waals surface area contributed by atoms with Crippen LogP contribution < -0.4 is 0 Å². The number of nitriles is 1. The molecule has 1 aromatic heterocycles. The molecule has 1 aliphatic rings. The fourth-order valence-corrected chi connectivity index (χ4v) is 4.12. The van der Waals surface area contributed by atoms with Gasteiger partial charge in [0.2, 0.25) is 0 Å². The molecule has 0 amide bonds. The lowest BCUT2D eigenvalue weighted by atomic mass is 9.65. The zero-order valence-electron chi connectivity index (χ0n) is 15.6. The average Bonchev–Trinajstić information content (AvgIpc) is 2.74. The number of nitrogens with zero attached hydrogens (tertiary/aromatic N) is 2. The van der Waals surface area contributed by atoms with Crippen LogP contribution in [0.3, 0.4) is 0 Å². The molecule has 1 fully saturated rings. The quantitative estimate of drug-likeness (QED) is 0.417. The van der Waals surface area contributed by atoms with Crippen LogP contribution in [0.1, 0.15) is 24.8 Å². The fraction of sp³-hybridized carbons (Fsp3) is 0.154. The summed E-state index contributed by atoms with van der Waals surface area (Å²) in [5, 5.41) is 10.8. The van der Waals surface area contributed by atoms with Gasteiger partial charge in [0.25, 0.3) is 0 Å². The molecule has 0 radical (unpaired) electrons. The molecule has 1 heterocycles. The lowest BCUT2D eigenvalue weighted by molar-refractivity contribution is 0.324. The Balaban J connectivity index is 1.66. The predicted octanol–water partition coefficient (Wildman–Crippen LogP) is 6.51. The van der Waals surface area contributed by atoms with Gasteiger partial charge in [-0.15, -0.1) is 0 Å². The van der Waals surface area contributed by atoms with Gasteiger partial charge < -0.3 is 0 Å². The highest BCUT2D eigenvalue weighted by Gasteiger charge is 2.38. The maximum Gasteiger partial charge on any atom is 0.0822 e. The SMILES string of the molecule is N#CC1(c2ccc(-c3nc4ccccc4cc3-c3ccccc3)cc2)CCC1. The zero-order chi connectivity index (χ0) is 19.0. The smallest absolute Gasteiger partial charge is 0.0822 e. The second kappa shape index (κ2) is 6.62. The van der Waals surface area contributed by atoms with E-state index in [-0.39, 0.29) is 5.41 Å². The summed E-state index contributed by atoms with van der Waals surface area (Å²) in [7, 11) is 0. The molecule has 2 nitrogen and oxygen atoms in total. The van der Waals surface area contributed by atoms with Crippen molar-refractivity contribution >= 4 is 10.9 Å². The van der Waals surface area contributed by atoms with Crippen molar-refractivity contribution in [2.24, 2.45) is 0 Å². The number of fused-ring (bicyclic) bond motifs is 1. The van der Waals surface area contributed by atoms with Gasteiger partial charge >= 0.3 is 0 Å². The lowest BCUT2D eigenvalue weighted by Gasteiger charge is -2.35. The summed E-state index contributed by atoms with van der Waals surface area (Å²) >= 11 is 0. The molecule has 28 heavy (non-hydrogen) atoms. The third kappa shape index (κ3) is 2.68. The topological polar surface area (TPSA) is 36.7 Å². The number of rotatable bonds is 3. The minimum absolute atomic E-state index is 0.280. The van der Waals surface area contributed by atoms with E-state index in [1.165, 1.54) is 0 Å². The number of aromatic nitrogens is 1. The Labute approximate surface area is 165 Å². The fourth-order valence-electron chi connectivity index (χ4n) is 4.12. The van der Waals surface area contributed by atoms with Crippen LogP contribution in [0.2, 0.25) is 0 Å². The Morgan fingerprint density at radius 2 is 1.50 bits per heavy atom. The molecule has 3 aromatic carbocycles. The van der Waals surface area contributed by atoms with E-state index in [1.54, 1.807) is 0 Å². The van der Waals surface area contributed by atoms with Crippen molar-refractivity contribution < 1.29 is 0 Å². The average molecular weight is 360 g/mol. The molecule has 1 aliphatic carbocycles. The second-order valence-electron chi connectivity index (χ2n) is 7.57. The van der Waals surface area contributed by atoms with Gasteiger partial charge in [-0.2, -0.15) is 5.26 Å². The van der Waals surface area contributed by atoms with Crippen LogP contribution in [0, 0.1) is 11.3 Å². The molecule has 0 atom stereocenters. The number of hydrogen-bond acceptors (Lipinski definition) is 2. The van der Waals surface area contributed by atoms with Gasteiger partial charge in [0.05, 0.1) is 22.7 Å². The maximum absolute atomic E-state index is 9.63. The van der Waals surface area contributed by atoms with E-state index in [4.69, 9.17) is 4.98 Å². The molecule has 0 aliphatic heterocycles. The van der Waals surface area contributed by atoms with E-state index in [9.17, 15) is 5.26 Å². The van der Waals surface area contributed by atoms with Crippen LogP contribution in [0.4, 0.5) is 0 Å². The molecule has 2 heteroatoms. The molecule has 0 N–H and O–H groups in total. The van der Waals surface area contributed by atoms with E-state index < -0.39 is 0 Å². The summed E-state index contributed by atoms with van der Waals surface area (Å²) in [6.45, 7) is 0. The first-order valence-corrected chi connectivity index (χ1v) is 9.76. The van der Waals surface area contributed by atoms with Crippen LogP contribution >= 0.6 is 0 Å². The van der Waals surface area contributed by atoms with Crippen molar-refractivity contribution in [2.75, 3.05) is 0 Å². The van der Waals surface area contributed by atoms with E-state index in [1.807, 2.05) is 18.2 Å². The standard InChI is InChI=1S/C26H20N2/c27-18-26(15-6-16-26)22-13-11-20(12-14-22)25-23(19-7-2-1-3-8-19)17-21-9-4-5-10-24(21)28-25/h1-5,7-14,17H,6,15-16H2. The number of benzene rings is 3. The van der Waals surface area contributed by atoms with E-state index >= 15 is 0 Å². The Hall–Kier alpha value is -3.44. The number of hydrogen-bond donors (Lipinski definition) is 0. The van der Waals surface area contributed by atoms with Crippen LogP contribution in [0.5, 0.6) is 0 Å². The maximum atomic E-state index is 9.63. The van der Waals surface area contributed by atoms with E-state index in [2.05, 4.69) is 72.8 Å².